The van der Waals surface area contributed by atoms with Crippen LogP contribution in [-0.2, 0) is 4.74 Å². The number of nitrogens with zero attached hydrogens (tertiary/aromatic N) is 1. The molecule has 3 heteroatoms. The Hall–Kier alpha value is -0.120. The van der Waals surface area contributed by atoms with E-state index in [0.717, 1.165) is 26.2 Å². The molecule has 19 heavy (non-hydrogen) atoms. The maximum Gasteiger partial charge on any atom is 0.0678 e. The van der Waals surface area contributed by atoms with E-state index in [4.69, 9.17) is 4.74 Å². The van der Waals surface area contributed by atoms with Crippen LogP contribution >= 0.6 is 0 Å². The second-order valence-corrected chi connectivity index (χ2v) is 6.34. The predicted molar refractivity (Wildman–Crippen MR) is 82.6 cm³/mol. The van der Waals surface area contributed by atoms with Gasteiger partial charge < -0.3 is 10.1 Å². The highest BCUT2D eigenvalue weighted by Crippen LogP contribution is 2.28. The number of ether oxygens (including phenoxy) is 1. The molecule has 2 atom stereocenters. The zero-order chi connectivity index (χ0) is 14.3. The molecular formula is C16H34N2O. The molecule has 1 aliphatic rings. The Morgan fingerprint density at radius 3 is 2.16 bits per heavy atom. The average molecular weight is 270 g/mol. The lowest BCUT2D eigenvalue weighted by molar-refractivity contribution is -0.0783. The molecule has 0 aromatic heterocycles. The summed E-state index contributed by atoms with van der Waals surface area (Å²) in [7, 11) is 0. The Bertz CT molecular complexity index is 231. The second-order valence-electron chi connectivity index (χ2n) is 6.34. The molecule has 0 saturated carbocycles. The second kappa shape index (κ2) is 8.23. The Kier molecular flexibility index (Phi) is 7.33. The number of nitrogens with one attached hydrogen (secondary N) is 1. The average Bonchev–Trinajstić information content (AvgIpc) is 2.36. The Balaban J connectivity index is 2.55. The highest BCUT2D eigenvalue weighted by atomic mass is 16.5. The van der Waals surface area contributed by atoms with E-state index < -0.39 is 0 Å². The summed E-state index contributed by atoms with van der Waals surface area (Å²) in [5.74, 6) is 0. The molecule has 0 aromatic carbocycles. The van der Waals surface area contributed by atoms with E-state index >= 15 is 0 Å². The molecule has 0 bridgehead atoms. The Morgan fingerprint density at radius 1 is 1.11 bits per heavy atom. The van der Waals surface area contributed by atoms with Crippen molar-refractivity contribution in [3.05, 3.63) is 0 Å². The van der Waals surface area contributed by atoms with E-state index in [2.05, 4.69) is 44.8 Å². The van der Waals surface area contributed by atoms with Crippen LogP contribution in [0.4, 0.5) is 0 Å². The van der Waals surface area contributed by atoms with E-state index in [1.165, 1.54) is 25.8 Å². The minimum Gasteiger partial charge on any atom is -0.373 e. The number of morpholine rings is 1. The molecule has 0 unspecified atom stereocenters. The first kappa shape index (κ1) is 16.9. The fraction of sp³-hybridized carbons (Fsp3) is 1.00. The molecule has 3 nitrogen and oxygen atoms in total. The minimum absolute atomic E-state index is 0.374. The van der Waals surface area contributed by atoms with Crippen LogP contribution in [0.3, 0.4) is 0 Å². The normalized spacial score (nSPS) is 25.7. The molecule has 1 fully saturated rings. The van der Waals surface area contributed by atoms with Crippen LogP contribution in [0.25, 0.3) is 0 Å². The summed E-state index contributed by atoms with van der Waals surface area (Å²) in [6, 6.07) is 0. The van der Waals surface area contributed by atoms with Gasteiger partial charge in [-0.25, -0.2) is 0 Å². The van der Waals surface area contributed by atoms with Crippen LogP contribution in [0.5, 0.6) is 0 Å². The SMILES string of the molecule is CCCNCC(CC)(CC)CN1C[C@@H](C)O[C@@H](C)C1. The van der Waals surface area contributed by atoms with Gasteiger partial charge in [0.25, 0.3) is 0 Å². The molecule has 1 heterocycles. The summed E-state index contributed by atoms with van der Waals surface area (Å²) in [6.45, 7) is 16.9. The molecule has 114 valence electrons. The highest BCUT2D eigenvalue weighted by molar-refractivity contribution is 4.85. The van der Waals surface area contributed by atoms with Gasteiger partial charge in [0, 0.05) is 26.2 Å². The summed E-state index contributed by atoms with van der Waals surface area (Å²) in [5, 5.41) is 3.63. The van der Waals surface area contributed by atoms with Crippen LogP contribution in [0, 0.1) is 5.41 Å². The first-order chi connectivity index (χ1) is 9.05. The van der Waals surface area contributed by atoms with Crippen molar-refractivity contribution in [2.45, 2.75) is 66.1 Å². The fourth-order valence-corrected chi connectivity index (χ4v) is 3.20. The van der Waals surface area contributed by atoms with Crippen LogP contribution in [0.15, 0.2) is 0 Å². The van der Waals surface area contributed by atoms with E-state index in [-0.39, 0.29) is 0 Å². The molecule has 0 spiro atoms. The maximum atomic E-state index is 5.84. The van der Waals surface area contributed by atoms with Crippen molar-refractivity contribution >= 4 is 0 Å². The lowest BCUT2D eigenvalue weighted by Gasteiger charge is -2.42. The first-order valence-electron chi connectivity index (χ1n) is 8.13. The molecular weight excluding hydrogens is 236 g/mol. The lowest BCUT2D eigenvalue weighted by Crippen LogP contribution is -2.51. The third-order valence-electron chi connectivity index (χ3n) is 4.48. The predicted octanol–water partition coefficient (Wildman–Crippen LogP) is 2.90. The van der Waals surface area contributed by atoms with Crippen molar-refractivity contribution in [2.75, 3.05) is 32.7 Å². The minimum atomic E-state index is 0.374. The number of hydrogen-bond acceptors (Lipinski definition) is 3. The summed E-state index contributed by atoms with van der Waals surface area (Å²) in [5.41, 5.74) is 0.423. The van der Waals surface area contributed by atoms with E-state index in [9.17, 15) is 0 Å². The maximum absolute atomic E-state index is 5.84. The van der Waals surface area contributed by atoms with Gasteiger partial charge >= 0.3 is 0 Å². The van der Waals surface area contributed by atoms with Crippen molar-refractivity contribution in [3.8, 4) is 0 Å². The van der Waals surface area contributed by atoms with Gasteiger partial charge in [0.05, 0.1) is 12.2 Å². The van der Waals surface area contributed by atoms with Crippen molar-refractivity contribution in [1.29, 1.82) is 0 Å². The smallest absolute Gasteiger partial charge is 0.0678 e. The van der Waals surface area contributed by atoms with Gasteiger partial charge in [0.2, 0.25) is 0 Å². The molecule has 0 radical (unpaired) electrons. The van der Waals surface area contributed by atoms with E-state index in [1.54, 1.807) is 0 Å². The van der Waals surface area contributed by atoms with Gasteiger partial charge in [-0.15, -0.1) is 0 Å². The van der Waals surface area contributed by atoms with E-state index in [0.29, 0.717) is 17.6 Å². The van der Waals surface area contributed by atoms with Gasteiger partial charge in [-0.05, 0) is 45.1 Å². The van der Waals surface area contributed by atoms with Crippen LogP contribution in [0.1, 0.15) is 53.9 Å². The Morgan fingerprint density at radius 2 is 1.68 bits per heavy atom. The van der Waals surface area contributed by atoms with Crippen molar-refractivity contribution in [2.24, 2.45) is 5.41 Å². The van der Waals surface area contributed by atoms with Crippen LogP contribution in [0.2, 0.25) is 0 Å². The van der Waals surface area contributed by atoms with Crippen LogP contribution in [-0.4, -0.2) is 49.8 Å². The van der Waals surface area contributed by atoms with Gasteiger partial charge in [-0.2, -0.15) is 0 Å². The van der Waals surface area contributed by atoms with Gasteiger partial charge in [0.15, 0.2) is 0 Å². The molecule has 1 N–H and O–H groups in total. The summed E-state index contributed by atoms with van der Waals surface area (Å²) in [4.78, 5) is 2.61. The van der Waals surface area contributed by atoms with Crippen molar-refractivity contribution < 1.29 is 4.74 Å². The monoisotopic (exact) mass is 270 g/mol. The zero-order valence-electron chi connectivity index (χ0n) is 13.7. The summed E-state index contributed by atoms with van der Waals surface area (Å²) in [6.07, 6.45) is 4.47. The summed E-state index contributed by atoms with van der Waals surface area (Å²) < 4.78 is 5.84. The quantitative estimate of drug-likeness (QED) is 0.686. The zero-order valence-corrected chi connectivity index (χ0v) is 13.7. The third kappa shape index (κ3) is 5.41. The standard InChI is InChI=1S/C16H34N2O/c1-6-9-17-12-16(7-2,8-3)13-18-10-14(4)19-15(5)11-18/h14-15,17H,6-13H2,1-5H3/t14-,15+. The van der Waals surface area contributed by atoms with Gasteiger partial charge in [-0.1, -0.05) is 20.8 Å². The molecule has 0 amide bonds. The van der Waals surface area contributed by atoms with Gasteiger partial charge in [-0.3, -0.25) is 4.90 Å². The first-order valence-corrected chi connectivity index (χ1v) is 8.13. The number of hydrogen-bond donors (Lipinski definition) is 1. The van der Waals surface area contributed by atoms with E-state index in [1.807, 2.05) is 0 Å². The van der Waals surface area contributed by atoms with Crippen molar-refractivity contribution in [1.82, 2.24) is 10.2 Å². The van der Waals surface area contributed by atoms with Crippen LogP contribution < -0.4 is 5.32 Å². The largest absolute Gasteiger partial charge is 0.373 e. The molecule has 1 saturated heterocycles. The lowest BCUT2D eigenvalue weighted by atomic mass is 9.81. The highest BCUT2D eigenvalue weighted by Gasteiger charge is 2.31. The molecule has 1 aliphatic heterocycles. The van der Waals surface area contributed by atoms with Crippen molar-refractivity contribution in [3.63, 3.8) is 0 Å². The summed E-state index contributed by atoms with van der Waals surface area (Å²) >= 11 is 0. The molecule has 1 rings (SSSR count). The third-order valence-corrected chi connectivity index (χ3v) is 4.48. The molecule has 0 aliphatic carbocycles. The topological polar surface area (TPSA) is 24.5 Å². The Labute approximate surface area is 120 Å². The fourth-order valence-electron chi connectivity index (χ4n) is 3.20. The molecule has 0 aromatic rings. The number of rotatable bonds is 8. The van der Waals surface area contributed by atoms with Gasteiger partial charge in [0.1, 0.15) is 0 Å².